The van der Waals surface area contributed by atoms with Gasteiger partial charge < -0.3 is 20.7 Å². The van der Waals surface area contributed by atoms with Crippen LogP contribution < -0.4 is 20.7 Å². The number of urea groups is 1. The number of amides is 2. The molecule has 0 bridgehead atoms. The molecule has 3 N–H and O–H groups in total. The summed E-state index contributed by atoms with van der Waals surface area (Å²) in [6, 6.07) is 15.3. The zero-order chi connectivity index (χ0) is 26.2. The van der Waals surface area contributed by atoms with E-state index in [0.29, 0.717) is 11.6 Å². The van der Waals surface area contributed by atoms with Crippen LogP contribution in [0.4, 0.5) is 16.3 Å². The van der Waals surface area contributed by atoms with E-state index in [9.17, 15) is 4.79 Å². The second-order valence-corrected chi connectivity index (χ2v) is 8.73. The summed E-state index contributed by atoms with van der Waals surface area (Å²) in [5.74, 6) is 8.21. The Morgan fingerprint density at radius 1 is 1.05 bits per heavy atom. The summed E-state index contributed by atoms with van der Waals surface area (Å²) in [6.07, 6.45) is 4.12. The Hall–Kier alpha value is -4.64. The number of fused-ring (bicyclic) bond motifs is 1. The number of rotatable bonds is 7. The highest BCUT2D eigenvalue weighted by molar-refractivity contribution is 5.91. The molecule has 37 heavy (non-hydrogen) atoms. The normalized spacial score (nSPS) is 11.2. The van der Waals surface area contributed by atoms with Crippen LogP contribution >= 0.6 is 0 Å². The van der Waals surface area contributed by atoms with Crippen molar-refractivity contribution < 1.29 is 9.53 Å². The highest BCUT2D eigenvalue weighted by Gasteiger charge is 2.08. The standard InChI is InChI=1S/C29H30N6O2/c1-5-20(3)34-29(36)30-14-6-7-22-9-12-26-25(16-22)28(33-18-32-26)35-23-10-13-27(19(2)15-23)37-24-11-8-21(4)31-17-24/h8-13,15-18,20H,5,14H2,1-4H3,(H2,30,34,36)(H,32,33,35). The first-order valence-electron chi connectivity index (χ1n) is 12.2. The Morgan fingerprint density at radius 2 is 1.92 bits per heavy atom. The Kier molecular flexibility index (Phi) is 8.16. The molecule has 2 aromatic carbocycles. The zero-order valence-corrected chi connectivity index (χ0v) is 21.4. The number of anilines is 2. The van der Waals surface area contributed by atoms with Gasteiger partial charge in [-0.1, -0.05) is 18.8 Å². The minimum absolute atomic E-state index is 0.123. The molecule has 0 aliphatic rings. The van der Waals surface area contributed by atoms with E-state index in [1.165, 1.54) is 6.33 Å². The number of aryl methyl sites for hydroxylation is 2. The van der Waals surface area contributed by atoms with E-state index in [1.54, 1.807) is 6.20 Å². The zero-order valence-electron chi connectivity index (χ0n) is 21.4. The van der Waals surface area contributed by atoms with Crippen molar-refractivity contribution in [3.05, 3.63) is 77.9 Å². The maximum absolute atomic E-state index is 11.8. The molecule has 0 spiro atoms. The summed E-state index contributed by atoms with van der Waals surface area (Å²) in [4.78, 5) is 24.9. The first kappa shape index (κ1) is 25.5. The first-order valence-corrected chi connectivity index (χ1v) is 12.2. The predicted octanol–water partition coefficient (Wildman–Crippen LogP) is 5.63. The molecule has 1 unspecified atom stereocenters. The molecule has 188 valence electrons. The van der Waals surface area contributed by atoms with E-state index in [2.05, 4.69) is 42.7 Å². The van der Waals surface area contributed by atoms with E-state index in [-0.39, 0.29) is 18.6 Å². The molecular weight excluding hydrogens is 464 g/mol. The Labute approximate surface area is 216 Å². The average Bonchev–Trinajstić information content (AvgIpc) is 2.89. The fourth-order valence-electron chi connectivity index (χ4n) is 3.50. The number of pyridine rings is 1. The van der Waals surface area contributed by atoms with Gasteiger partial charge in [0.25, 0.3) is 0 Å². The summed E-state index contributed by atoms with van der Waals surface area (Å²) in [5, 5.41) is 9.84. The Morgan fingerprint density at radius 3 is 2.68 bits per heavy atom. The molecular formula is C29H30N6O2. The second kappa shape index (κ2) is 11.9. The summed E-state index contributed by atoms with van der Waals surface area (Å²) < 4.78 is 5.98. The lowest BCUT2D eigenvalue weighted by Crippen LogP contribution is -2.40. The molecule has 4 aromatic rings. The molecule has 0 saturated heterocycles. The van der Waals surface area contributed by atoms with Crippen molar-refractivity contribution in [2.24, 2.45) is 0 Å². The number of carbonyl (C=O) groups is 1. The van der Waals surface area contributed by atoms with Crippen molar-refractivity contribution in [2.75, 3.05) is 11.9 Å². The van der Waals surface area contributed by atoms with Crippen LogP contribution in [0, 0.1) is 25.7 Å². The summed E-state index contributed by atoms with van der Waals surface area (Å²) in [5.41, 5.74) is 4.40. The largest absolute Gasteiger partial charge is 0.455 e. The monoisotopic (exact) mass is 494 g/mol. The lowest BCUT2D eigenvalue weighted by molar-refractivity contribution is 0.238. The van der Waals surface area contributed by atoms with Crippen molar-refractivity contribution in [1.82, 2.24) is 25.6 Å². The summed E-state index contributed by atoms with van der Waals surface area (Å²) in [7, 11) is 0. The molecule has 0 fully saturated rings. The molecule has 0 aliphatic carbocycles. The van der Waals surface area contributed by atoms with E-state index >= 15 is 0 Å². The molecule has 0 aliphatic heterocycles. The van der Waals surface area contributed by atoms with Crippen molar-refractivity contribution in [2.45, 2.75) is 40.2 Å². The third-order valence-electron chi connectivity index (χ3n) is 5.74. The number of ether oxygens (including phenoxy) is 1. The number of hydrogen-bond donors (Lipinski definition) is 3. The van der Waals surface area contributed by atoms with E-state index in [0.717, 1.165) is 45.6 Å². The van der Waals surface area contributed by atoms with Gasteiger partial charge in [0.2, 0.25) is 0 Å². The van der Waals surface area contributed by atoms with Crippen LogP contribution in [0.25, 0.3) is 10.9 Å². The highest BCUT2D eigenvalue weighted by Crippen LogP contribution is 2.29. The number of carbonyl (C=O) groups excluding carboxylic acids is 1. The van der Waals surface area contributed by atoms with Crippen LogP contribution in [-0.4, -0.2) is 33.6 Å². The van der Waals surface area contributed by atoms with Gasteiger partial charge in [0.05, 0.1) is 18.3 Å². The number of nitrogens with zero attached hydrogens (tertiary/aromatic N) is 3. The van der Waals surface area contributed by atoms with Gasteiger partial charge in [-0.3, -0.25) is 4.98 Å². The topological polar surface area (TPSA) is 101 Å². The van der Waals surface area contributed by atoms with Crippen molar-refractivity contribution in [3.8, 4) is 23.3 Å². The van der Waals surface area contributed by atoms with E-state index in [1.807, 2.05) is 76.2 Å². The van der Waals surface area contributed by atoms with Gasteiger partial charge in [-0.25, -0.2) is 14.8 Å². The average molecular weight is 495 g/mol. The maximum atomic E-state index is 11.8. The van der Waals surface area contributed by atoms with Crippen molar-refractivity contribution >= 4 is 28.4 Å². The number of hydrogen-bond acceptors (Lipinski definition) is 6. The first-order chi connectivity index (χ1) is 17.9. The van der Waals surface area contributed by atoms with E-state index in [4.69, 9.17) is 4.74 Å². The van der Waals surface area contributed by atoms with Gasteiger partial charge in [0.1, 0.15) is 23.6 Å². The van der Waals surface area contributed by atoms with Crippen LogP contribution in [0.1, 0.15) is 37.1 Å². The fourth-order valence-corrected chi connectivity index (χ4v) is 3.50. The minimum atomic E-state index is -0.218. The molecule has 4 rings (SSSR count). The predicted molar refractivity (Wildman–Crippen MR) is 146 cm³/mol. The van der Waals surface area contributed by atoms with E-state index < -0.39 is 0 Å². The Balaban J connectivity index is 1.47. The second-order valence-electron chi connectivity index (χ2n) is 8.73. The number of nitrogens with one attached hydrogen (secondary N) is 3. The third-order valence-corrected chi connectivity index (χ3v) is 5.74. The van der Waals surface area contributed by atoms with Crippen molar-refractivity contribution in [1.29, 1.82) is 0 Å². The smallest absolute Gasteiger partial charge is 0.315 e. The molecule has 2 amide bonds. The molecule has 1 atom stereocenters. The van der Waals surface area contributed by atoms with Crippen LogP contribution in [0.5, 0.6) is 11.5 Å². The van der Waals surface area contributed by atoms with Gasteiger partial charge in [0, 0.05) is 28.4 Å². The van der Waals surface area contributed by atoms with Crippen LogP contribution in [0.2, 0.25) is 0 Å². The molecule has 8 heteroatoms. The highest BCUT2D eigenvalue weighted by atomic mass is 16.5. The lowest BCUT2D eigenvalue weighted by atomic mass is 10.1. The SMILES string of the molecule is CCC(C)NC(=O)NCC#Cc1ccc2ncnc(Nc3ccc(Oc4ccc(C)nc4)c(C)c3)c2c1. The molecule has 8 nitrogen and oxygen atoms in total. The summed E-state index contributed by atoms with van der Waals surface area (Å²) >= 11 is 0. The number of aromatic nitrogens is 3. The van der Waals surface area contributed by atoms with Crippen LogP contribution in [0.15, 0.2) is 61.1 Å². The van der Waals surface area contributed by atoms with Gasteiger partial charge in [-0.2, -0.15) is 0 Å². The molecule has 0 saturated carbocycles. The minimum Gasteiger partial charge on any atom is -0.455 e. The van der Waals surface area contributed by atoms with Crippen molar-refractivity contribution in [3.63, 3.8) is 0 Å². The molecule has 0 radical (unpaired) electrons. The molecule has 2 aromatic heterocycles. The third kappa shape index (κ3) is 6.95. The van der Waals surface area contributed by atoms with Crippen LogP contribution in [0.3, 0.4) is 0 Å². The lowest BCUT2D eigenvalue weighted by Gasteiger charge is -2.12. The van der Waals surface area contributed by atoms with Gasteiger partial charge in [-0.05, 0) is 81.3 Å². The summed E-state index contributed by atoms with van der Waals surface area (Å²) in [6.45, 7) is 8.16. The number of benzene rings is 2. The maximum Gasteiger partial charge on any atom is 0.315 e. The van der Waals surface area contributed by atoms with Gasteiger partial charge >= 0.3 is 6.03 Å². The Bertz CT molecular complexity index is 1460. The quantitative estimate of drug-likeness (QED) is 0.288. The fraction of sp³-hybridized carbons (Fsp3) is 0.241. The van der Waals surface area contributed by atoms with Crippen LogP contribution in [-0.2, 0) is 0 Å². The molecule has 2 heterocycles. The van der Waals surface area contributed by atoms with Gasteiger partial charge in [-0.15, -0.1) is 0 Å². The van der Waals surface area contributed by atoms with Gasteiger partial charge in [0.15, 0.2) is 0 Å².